The lowest BCUT2D eigenvalue weighted by Crippen LogP contribution is -2.13. The van der Waals surface area contributed by atoms with Crippen LogP contribution in [0.15, 0.2) is 24.3 Å². The van der Waals surface area contributed by atoms with Crippen LogP contribution in [0.25, 0.3) is 6.08 Å². The van der Waals surface area contributed by atoms with E-state index in [0.29, 0.717) is 0 Å². The lowest BCUT2D eigenvalue weighted by Gasteiger charge is -2.07. The maximum atomic E-state index is 11.1. The zero-order valence-corrected chi connectivity index (χ0v) is 11.8. The SMILES string of the molecule is CCCNCC=Cc1ccc(C(C)C)c([N+](=O)[O-])c1. The van der Waals surface area contributed by atoms with E-state index in [1.165, 1.54) is 0 Å². The standard InChI is InChI=1S/C15H22N2O2/c1-4-9-16-10-5-6-13-7-8-14(12(2)3)15(11-13)17(18)19/h5-8,11-12,16H,4,9-10H2,1-3H3. The molecule has 1 aromatic rings. The summed E-state index contributed by atoms with van der Waals surface area (Å²) in [6, 6.07) is 5.42. The van der Waals surface area contributed by atoms with Gasteiger partial charge in [-0.05, 0) is 24.4 Å². The van der Waals surface area contributed by atoms with E-state index in [9.17, 15) is 10.1 Å². The molecule has 0 bridgehead atoms. The van der Waals surface area contributed by atoms with Crippen molar-refractivity contribution in [3.8, 4) is 0 Å². The van der Waals surface area contributed by atoms with E-state index in [1.54, 1.807) is 6.07 Å². The molecule has 0 heterocycles. The smallest absolute Gasteiger partial charge is 0.273 e. The van der Waals surface area contributed by atoms with Gasteiger partial charge in [0.05, 0.1) is 4.92 Å². The minimum absolute atomic E-state index is 0.157. The Morgan fingerprint density at radius 3 is 2.74 bits per heavy atom. The zero-order chi connectivity index (χ0) is 14.3. The fourth-order valence-electron chi connectivity index (χ4n) is 1.87. The summed E-state index contributed by atoms with van der Waals surface area (Å²) in [5, 5.41) is 14.3. The first-order chi connectivity index (χ1) is 9.06. The highest BCUT2D eigenvalue weighted by Crippen LogP contribution is 2.27. The Balaban J connectivity index is 2.81. The van der Waals surface area contributed by atoms with Crippen LogP contribution in [0, 0.1) is 10.1 Å². The summed E-state index contributed by atoms with van der Waals surface area (Å²) >= 11 is 0. The molecule has 104 valence electrons. The number of nitro groups is 1. The summed E-state index contributed by atoms with van der Waals surface area (Å²) in [6.45, 7) is 7.81. The van der Waals surface area contributed by atoms with Crippen molar-refractivity contribution >= 4 is 11.8 Å². The lowest BCUT2D eigenvalue weighted by atomic mass is 9.99. The van der Waals surface area contributed by atoms with Crippen molar-refractivity contribution in [1.29, 1.82) is 0 Å². The molecular formula is C15H22N2O2. The van der Waals surface area contributed by atoms with Gasteiger partial charge in [-0.15, -0.1) is 0 Å². The molecule has 0 aliphatic rings. The molecular weight excluding hydrogens is 240 g/mol. The molecule has 0 aromatic heterocycles. The molecule has 0 aliphatic carbocycles. The average molecular weight is 262 g/mol. The fourth-order valence-corrected chi connectivity index (χ4v) is 1.87. The summed E-state index contributed by atoms with van der Waals surface area (Å²) in [5.41, 5.74) is 1.86. The van der Waals surface area contributed by atoms with Crippen molar-refractivity contribution in [2.24, 2.45) is 0 Å². The molecule has 0 aliphatic heterocycles. The first kappa shape index (κ1) is 15.4. The molecule has 0 spiro atoms. The van der Waals surface area contributed by atoms with Crippen LogP contribution in [0.3, 0.4) is 0 Å². The number of hydrogen-bond acceptors (Lipinski definition) is 3. The van der Waals surface area contributed by atoms with Gasteiger partial charge < -0.3 is 5.32 Å². The molecule has 0 radical (unpaired) electrons. The van der Waals surface area contributed by atoms with E-state index < -0.39 is 0 Å². The van der Waals surface area contributed by atoms with Gasteiger partial charge >= 0.3 is 0 Å². The normalized spacial score (nSPS) is 11.4. The molecule has 0 unspecified atom stereocenters. The quantitative estimate of drug-likeness (QED) is 0.463. The van der Waals surface area contributed by atoms with Crippen LogP contribution in [0.2, 0.25) is 0 Å². The Morgan fingerprint density at radius 1 is 1.42 bits per heavy atom. The van der Waals surface area contributed by atoms with E-state index >= 15 is 0 Å². The number of benzene rings is 1. The maximum Gasteiger partial charge on any atom is 0.273 e. The van der Waals surface area contributed by atoms with Crippen LogP contribution >= 0.6 is 0 Å². The lowest BCUT2D eigenvalue weighted by molar-refractivity contribution is -0.385. The monoisotopic (exact) mass is 262 g/mol. The number of rotatable bonds is 7. The van der Waals surface area contributed by atoms with E-state index in [-0.39, 0.29) is 16.5 Å². The number of hydrogen-bond donors (Lipinski definition) is 1. The Labute approximate surface area is 114 Å². The minimum atomic E-state index is -0.304. The highest BCUT2D eigenvalue weighted by Gasteiger charge is 2.16. The summed E-state index contributed by atoms with van der Waals surface area (Å²) < 4.78 is 0. The molecule has 0 saturated heterocycles. The fraction of sp³-hybridized carbons (Fsp3) is 0.467. The summed E-state index contributed by atoms with van der Waals surface area (Å²) in [5.74, 6) is 0.157. The largest absolute Gasteiger partial charge is 0.313 e. The van der Waals surface area contributed by atoms with Gasteiger partial charge in [-0.1, -0.05) is 45.1 Å². The van der Waals surface area contributed by atoms with Crippen LogP contribution in [-0.4, -0.2) is 18.0 Å². The van der Waals surface area contributed by atoms with Crippen LogP contribution in [0.5, 0.6) is 0 Å². The third kappa shape index (κ3) is 4.83. The second-order valence-electron chi connectivity index (χ2n) is 4.84. The van der Waals surface area contributed by atoms with Gasteiger partial charge in [0.1, 0.15) is 0 Å². The van der Waals surface area contributed by atoms with Crippen LogP contribution in [0.4, 0.5) is 5.69 Å². The molecule has 19 heavy (non-hydrogen) atoms. The number of nitrogens with zero attached hydrogens (tertiary/aromatic N) is 1. The van der Waals surface area contributed by atoms with Crippen LogP contribution in [0.1, 0.15) is 44.2 Å². The van der Waals surface area contributed by atoms with Gasteiger partial charge in [0.2, 0.25) is 0 Å². The molecule has 0 fully saturated rings. The molecule has 0 saturated carbocycles. The second kappa shape index (κ2) is 7.69. The van der Waals surface area contributed by atoms with Gasteiger partial charge in [-0.3, -0.25) is 10.1 Å². The van der Waals surface area contributed by atoms with E-state index in [1.807, 2.05) is 38.1 Å². The van der Waals surface area contributed by atoms with Gasteiger partial charge in [0, 0.05) is 18.2 Å². The molecule has 4 nitrogen and oxygen atoms in total. The number of nitrogens with one attached hydrogen (secondary N) is 1. The van der Waals surface area contributed by atoms with Crippen LogP contribution in [-0.2, 0) is 0 Å². The third-order valence-electron chi connectivity index (χ3n) is 2.87. The molecule has 1 N–H and O–H groups in total. The number of nitro benzene ring substituents is 1. The van der Waals surface area contributed by atoms with Crippen LogP contribution < -0.4 is 5.32 Å². The minimum Gasteiger partial charge on any atom is -0.313 e. The predicted molar refractivity (Wildman–Crippen MR) is 79.4 cm³/mol. The van der Waals surface area contributed by atoms with E-state index in [2.05, 4.69) is 12.2 Å². The topological polar surface area (TPSA) is 55.2 Å². The van der Waals surface area contributed by atoms with Crippen molar-refractivity contribution < 1.29 is 4.92 Å². The second-order valence-corrected chi connectivity index (χ2v) is 4.84. The van der Waals surface area contributed by atoms with E-state index in [4.69, 9.17) is 0 Å². The van der Waals surface area contributed by atoms with Gasteiger partial charge in [-0.25, -0.2) is 0 Å². The van der Waals surface area contributed by atoms with Crippen molar-refractivity contribution in [3.05, 3.63) is 45.5 Å². The highest BCUT2D eigenvalue weighted by molar-refractivity contribution is 5.57. The average Bonchev–Trinajstić information content (AvgIpc) is 2.38. The Morgan fingerprint density at radius 2 is 2.16 bits per heavy atom. The van der Waals surface area contributed by atoms with Crippen molar-refractivity contribution in [3.63, 3.8) is 0 Å². The molecule has 1 aromatic carbocycles. The highest BCUT2D eigenvalue weighted by atomic mass is 16.6. The molecule has 1 rings (SSSR count). The molecule has 0 amide bonds. The Kier molecular flexibility index (Phi) is 6.22. The predicted octanol–water partition coefficient (Wildman–Crippen LogP) is 3.73. The van der Waals surface area contributed by atoms with Crippen molar-refractivity contribution in [2.45, 2.75) is 33.1 Å². The van der Waals surface area contributed by atoms with Gasteiger partial charge in [0.15, 0.2) is 0 Å². The van der Waals surface area contributed by atoms with Gasteiger partial charge in [-0.2, -0.15) is 0 Å². The first-order valence-electron chi connectivity index (χ1n) is 6.71. The van der Waals surface area contributed by atoms with E-state index in [0.717, 1.165) is 30.6 Å². The third-order valence-corrected chi connectivity index (χ3v) is 2.87. The maximum absolute atomic E-state index is 11.1. The van der Waals surface area contributed by atoms with Crippen molar-refractivity contribution in [1.82, 2.24) is 5.32 Å². The zero-order valence-electron chi connectivity index (χ0n) is 11.8. The molecule has 4 heteroatoms. The first-order valence-corrected chi connectivity index (χ1v) is 6.71. The summed E-state index contributed by atoms with van der Waals surface area (Å²) in [7, 11) is 0. The summed E-state index contributed by atoms with van der Waals surface area (Å²) in [6.07, 6.45) is 5.01. The molecule has 0 atom stereocenters. The summed E-state index contributed by atoms with van der Waals surface area (Å²) in [4.78, 5) is 10.8. The van der Waals surface area contributed by atoms with Crippen molar-refractivity contribution in [2.75, 3.05) is 13.1 Å². The Bertz CT molecular complexity index is 453. The van der Waals surface area contributed by atoms with Gasteiger partial charge in [0.25, 0.3) is 5.69 Å². The Hall–Kier alpha value is -1.68.